The molecule has 1 amide bonds. The van der Waals surface area contributed by atoms with Crippen LogP contribution in [-0.4, -0.2) is 198 Å². The molecule has 0 radical (unpaired) electrons. The van der Waals surface area contributed by atoms with Crippen LogP contribution in [0.25, 0.3) is 10.9 Å². The third kappa shape index (κ3) is 15.4. The molecule has 4 aliphatic heterocycles. The summed E-state index contributed by atoms with van der Waals surface area (Å²) in [6, 6.07) is 3.31. The van der Waals surface area contributed by atoms with Gasteiger partial charge in [0.15, 0.2) is 18.7 Å². The molecule has 470 valence electrons. The quantitative estimate of drug-likeness (QED) is 0.0476. The summed E-state index contributed by atoms with van der Waals surface area (Å²) >= 11 is 0. The number of alkyl carbamates (subject to hydrolysis) is 1. The van der Waals surface area contributed by atoms with Crippen LogP contribution in [0.15, 0.2) is 28.3 Å². The van der Waals surface area contributed by atoms with E-state index < -0.39 is 125 Å². The lowest BCUT2D eigenvalue weighted by Crippen LogP contribution is -2.61. The average molecular weight is 1180 g/mol. The Labute approximate surface area is 487 Å². The van der Waals surface area contributed by atoms with Gasteiger partial charge in [-0.15, -0.1) is 0 Å². The van der Waals surface area contributed by atoms with Gasteiger partial charge in [-0.3, -0.25) is 9.59 Å². The normalized spacial score (nSPS) is 36.8. The summed E-state index contributed by atoms with van der Waals surface area (Å²) in [5.74, 6) is -5.76. The third-order valence-corrected chi connectivity index (χ3v) is 17.3. The molecule has 0 saturated carbocycles. The fourth-order valence-corrected chi connectivity index (χ4v) is 12.6. The highest BCUT2D eigenvalue weighted by Crippen LogP contribution is 2.42. The molecule has 3 saturated heterocycles. The van der Waals surface area contributed by atoms with Gasteiger partial charge in [-0.25, -0.2) is 9.59 Å². The minimum Gasteiger partial charge on any atom is -0.477 e. The molecule has 24 heteroatoms. The number of pyridine rings is 1. The molecule has 1 aromatic carbocycles. The number of methoxy groups -OCH3 is 2. The van der Waals surface area contributed by atoms with E-state index >= 15 is 0 Å². The van der Waals surface area contributed by atoms with Crippen molar-refractivity contribution >= 4 is 34.6 Å². The number of aliphatic hydroxyl groups is 4. The average Bonchev–Trinajstić information content (AvgIpc) is 1.47. The number of nitrogens with one attached hydrogen (secondary N) is 1. The number of aromatic carboxylic acids is 1. The van der Waals surface area contributed by atoms with Crippen molar-refractivity contribution in [2.45, 2.75) is 218 Å². The summed E-state index contributed by atoms with van der Waals surface area (Å²) in [4.78, 5) is 60.8. The molecule has 18 atom stereocenters. The Kier molecular flexibility index (Phi) is 22.8. The highest BCUT2D eigenvalue weighted by Gasteiger charge is 2.54. The highest BCUT2D eigenvalue weighted by molar-refractivity contribution is 5.94. The number of esters is 1. The van der Waals surface area contributed by atoms with Crippen LogP contribution < -0.4 is 10.7 Å². The summed E-state index contributed by atoms with van der Waals surface area (Å²) in [6.07, 6.45) is -8.81. The standard InChI is InChI=1S/C59H94N4O20/c1-17-42-59(12,72)49(66)33(4)44(61-77-30-73-15)31(2)26-57(10,71)50(82-54-47(65)41(62(13)14)23-32(3)78-54)34(5)48(35(6)53(69)80-42)81-43-27-58(11,74-16)51(36(7)79-43)83-55(70)60-20-22-75-21-18-19-37-24-38-29-76-56(8,9)63-28-40(52(67)68)46(64)39(25-37)45(38)63/h24-25,28,31-36,41-43,47-51,54,65-66,71-72H,17-23,26-27,29-30H2,1-16H3,(H,60,70)(H,67,68)/b61-44+/t31-,32+,33+,34+,35-,36+,41-,42-,43+,47+,48+,49-,50-,51+,54-,57-,58-,59-/m1/s1. The number of carbonyl (C=O) groups excluding carboxylic acids is 2. The molecule has 0 spiro atoms. The molecule has 4 aliphatic rings. The van der Waals surface area contributed by atoms with Gasteiger partial charge in [0.25, 0.3) is 0 Å². The third-order valence-electron chi connectivity index (χ3n) is 17.3. The molecular formula is C59H94N4O20. The van der Waals surface area contributed by atoms with E-state index in [2.05, 4.69) is 10.5 Å². The van der Waals surface area contributed by atoms with Crippen molar-refractivity contribution in [1.29, 1.82) is 0 Å². The number of likely N-dealkylation sites (N-methyl/N-ethyl adjacent to an activating group) is 1. The lowest BCUT2D eigenvalue weighted by Gasteiger charge is -2.49. The maximum atomic E-state index is 14.7. The molecule has 1 aromatic heterocycles. The maximum Gasteiger partial charge on any atom is 0.407 e. The monoisotopic (exact) mass is 1180 g/mol. The first-order valence-electron chi connectivity index (χ1n) is 29.0. The fraction of sp³-hybridized carbons (Fsp3) is 0.780. The summed E-state index contributed by atoms with van der Waals surface area (Å²) in [5, 5.41) is 66.0. The molecule has 6 rings (SSSR count). The van der Waals surface area contributed by atoms with Crippen LogP contribution >= 0.6 is 0 Å². The molecule has 3 fully saturated rings. The summed E-state index contributed by atoms with van der Waals surface area (Å²) < 4.78 is 63.4. The van der Waals surface area contributed by atoms with E-state index in [0.717, 1.165) is 11.1 Å². The van der Waals surface area contributed by atoms with Gasteiger partial charge in [0.1, 0.15) is 34.7 Å². The van der Waals surface area contributed by atoms with Gasteiger partial charge in [-0.2, -0.15) is 0 Å². The zero-order valence-electron chi connectivity index (χ0n) is 51.4. The summed E-state index contributed by atoms with van der Waals surface area (Å²) in [5.41, 5.74) is -4.29. The second-order valence-electron chi connectivity index (χ2n) is 24.6. The van der Waals surface area contributed by atoms with Crippen LogP contribution in [0.4, 0.5) is 4.79 Å². The second-order valence-corrected chi connectivity index (χ2v) is 24.6. The molecule has 2 aromatic rings. The molecule has 5 heterocycles. The van der Waals surface area contributed by atoms with Gasteiger partial charge in [0.05, 0.1) is 66.5 Å². The highest BCUT2D eigenvalue weighted by atomic mass is 16.7. The van der Waals surface area contributed by atoms with Crippen LogP contribution in [-0.2, 0) is 75.8 Å². The number of aromatic nitrogens is 1. The zero-order valence-corrected chi connectivity index (χ0v) is 51.4. The minimum absolute atomic E-state index is 0.0243. The van der Waals surface area contributed by atoms with Crippen LogP contribution in [0.5, 0.6) is 0 Å². The Morgan fingerprint density at radius 2 is 1.63 bits per heavy atom. The second kappa shape index (κ2) is 28.0. The van der Waals surface area contributed by atoms with E-state index in [0.29, 0.717) is 36.8 Å². The van der Waals surface area contributed by atoms with Crippen molar-refractivity contribution in [1.82, 2.24) is 14.8 Å². The number of cyclic esters (lactones) is 1. The minimum atomic E-state index is -2.02. The number of aryl methyl sites for hydroxylation is 1. The molecule has 24 nitrogen and oxygen atoms in total. The van der Waals surface area contributed by atoms with Crippen LogP contribution in [0.2, 0.25) is 0 Å². The van der Waals surface area contributed by atoms with Gasteiger partial charge in [-0.05, 0) is 113 Å². The lowest BCUT2D eigenvalue weighted by atomic mass is 9.73. The number of aliphatic hydroxyl groups excluding tert-OH is 2. The summed E-state index contributed by atoms with van der Waals surface area (Å²) in [7, 11) is 6.58. The van der Waals surface area contributed by atoms with Crippen LogP contribution in [0, 0.1) is 23.7 Å². The van der Waals surface area contributed by atoms with Crippen molar-refractivity contribution < 1.29 is 92.1 Å². The molecule has 83 heavy (non-hydrogen) atoms. The molecule has 0 aliphatic carbocycles. The van der Waals surface area contributed by atoms with Gasteiger partial charge in [0.2, 0.25) is 12.2 Å². The number of carbonyl (C=O) groups is 3. The fourth-order valence-electron chi connectivity index (χ4n) is 12.6. The Bertz CT molecular complexity index is 2630. The predicted molar refractivity (Wildman–Crippen MR) is 302 cm³/mol. The Morgan fingerprint density at radius 1 is 0.928 bits per heavy atom. The number of carboxylic acids is 1. The number of hydrogen-bond donors (Lipinski definition) is 6. The molecule has 6 N–H and O–H groups in total. The number of carboxylic acid groups (broad SMARTS) is 1. The van der Waals surface area contributed by atoms with Crippen LogP contribution in [0.1, 0.15) is 137 Å². The first-order chi connectivity index (χ1) is 38.8. The largest absolute Gasteiger partial charge is 0.477 e. The van der Waals surface area contributed by atoms with Crippen LogP contribution in [0.3, 0.4) is 0 Å². The number of nitrogens with zero attached hydrogens (tertiary/aromatic N) is 3. The maximum absolute atomic E-state index is 14.7. The van der Waals surface area contributed by atoms with Crippen molar-refractivity contribution in [3.8, 4) is 0 Å². The number of benzene rings is 1. The number of amides is 1. The first kappa shape index (κ1) is 67.7. The molecular weight excluding hydrogens is 1080 g/mol. The topological polar surface area (TPSA) is 304 Å². The van der Waals surface area contributed by atoms with E-state index in [1.54, 1.807) is 66.0 Å². The van der Waals surface area contributed by atoms with Gasteiger partial charge >= 0.3 is 18.0 Å². The van der Waals surface area contributed by atoms with E-state index in [9.17, 15) is 44.7 Å². The Morgan fingerprint density at radius 3 is 2.27 bits per heavy atom. The Hall–Kier alpha value is -4.41. The van der Waals surface area contributed by atoms with E-state index in [4.69, 9.17) is 52.2 Å². The van der Waals surface area contributed by atoms with Crippen molar-refractivity contribution in [3.63, 3.8) is 0 Å². The van der Waals surface area contributed by atoms with E-state index in [1.165, 1.54) is 27.3 Å². The number of ether oxygens (including phenoxy) is 10. The molecule has 0 unspecified atom stereocenters. The summed E-state index contributed by atoms with van der Waals surface area (Å²) in [6.45, 7) is 21.0. The van der Waals surface area contributed by atoms with Crippen molar-refractivity contribution in [2.24, 2.45) is 28.8 Å². The van der Waals surface area contributed by atoms with Crippen molar-refractivity contribution in [2.75, 3.05) is 54.9 Å². The lowest BCUT2D eigenvalue weighted by molar-refractivity contribution is -0.317. The zero-order chi connectivity index (χ0) is 61.7. The van der Waals surface area contributed by atoms with E-state index in [-0.39, 0.29) is 69.2 Å². The van der Waals surface area contributed by atoms with Gasteiger partial charge in [-0.1, -0.05) is 38.9 Å². The number of oxime groups is 1. The van der Waals surface area contributed by atoms with Gasteiger partial charge < -0.3 is 92.5 Å². The predicted octanol–water partition coefficient (Wildman–Crippen LogP) is 4.81. The van der Waals surface area contributed by atoms with Gasteiger partial charge in [0, 0.05) is 74.7 Å². The number of hydrogen-bond acceptors (Lipinski definition) is 21. The Balaban J connectivity index is 1.18. The SMILES string of the molecule is CC[C@H]1OC(=O)[C@H](C)[C@@H](O[C@H]2C[C@@](C)(OC)[C@@H](OC(=O)NCCOCCCc3cc4c5c(c3)c(=O)c(C(=O)O)cn5C(C)(C)OC4)[C@H](C)O2)[C@H](C)[C@@H](O[C@H]2O[C@@H](C)C[C@@H](N(C)C)[C@@H]2O)[C@](C)(O)C[C@@H](C)/C(=N\OCOC)[C@H](C)[C@@H](O)[C@]1(C)O. The first-order valence-corrected chi connectivity index (χ1v) is 29.0. The number of rotatable bonds is 19. The molecule has 0 bridgehead atoms. The smallest absolute Gasteiger partial charge is 0.407 e. The van der Waals surface area contributed by atoms with Crippen molar-refractivity contribution in [3.05, 3.63) is 45.2 Å². The van der Waals surface area contributed by atoms with E-state index in [1.807, 2.05) is 45.8 Å².